The first-order valence-electron chi connectivity index (χ1n) is 10.9. The SMILES string of the molecule is Cc1ccc(-c2cc(-c3ccccc3Br)c(-c3ccccc3)c(-c3ccccc3Br)c2)cc1. The molecular weight excluding hydrogens is 532 g/mol. The lowest BCUT2D eigenvalue weighted by Gasteiger charge is -2.20. The van der Waals surface area contributed by atoms with Crippen molar-refractivity contribution in [2.24, 2.45) is 0 Å². The lowest BCUT2D eigenvalue weighted by molar-refractivity contribution is 1.46. The molecular formula is C31H22Br2. The van der Waals surface area contributed by atoms with Gasteiger partial charge in [0.05, 0.1) is 0 Å². The van der Waals surface area contributed by atoms with Crippen molar-refractivity contribution in [1.82, 2.24) is 0 Å². The van der Waals surface area contributed by atoms with Crippen LogP contribution in [0.15, 0.2) is 124 Å². The molecule has 0 radical (unpaired) electrons. The Bertz CT molecular complexity index is 1350. The molecule has 0 aliphatic heterocycles. The van der Waals surface area contributed by atoms with E-state index in [2.05, 4.69) is 154 Å². The molecule has 0 N–H and O–H groups in total. The van der Waals surface area contributed by atoms with E-state index < -0.39 is 0 Å². The summed E-state index contributed by atoms with van der Waals surface area (Å²) in [5, 5.41) is 0. The largest absolute Gasteiger partial charge is 0.0622 e. The van der Waals surface area contributed by atoms with Crippen LogP contribution in [0.2, 0.25) is 0 Å². The van der Waals surface area contributed by atoms with Crippen LogP contribution in [0.4, 0.5) is 0 Å². The highest BCUT2D eigenvalue weighted by Gasteiger charge is 2.19. The van der Waals surface area contributed by atoms with Crippen LogP contribution < -0.4 is 0 Å². The number of hydrogen-bond acceptors (Lipinski definition) is 0. The molecule has 160 valence electrons. The molecule has 33 heavy (non-hydrogen) atoms. The fourth-order valence-corrected chi connectivity index (χ4v) is 5.25. The van der Waals surface area contributed by atoms with Crippen LogP contribution >= 0.6 is 31.9 Å². The summed E-state index contributed by atoms with van der Waals surface area (Å²) in [6.45, 7) is 2.13. The fraction of sp³-hybridized carbons (Fsp3) is 0.0323. The molecule has 5 rings (SSSR count). The van der Waals surface area contributed by atoms with E-state index in [0.29, 0.717) is 0 Å². The Kier molecular flexibility index (Phi) is 6.30. The molecule has 0 atom stereocenters. The average Bonchev–Trinajstić information content (AvgIpc) is 2.85. The molecule has 0 saturated carbocycles. The number of rotatable bonds is 4. The lowest BCUT2D eigenvalue weighted by atomic mass is 9.84. The second kappa shape index (κ2) is 9.51. The molecule has 0 fully saturated rings. The van der Waals surface area contributed by atoms with Gasteiger partial charge in [-0.15, -0.1) is 0 Å². The molecule has 0 nitrogen and oxygen atoms in total. The minimum Gasteiger partial charge on any atom is -0.0622 e. The monoisotopic (exact) mass is 552 g/mol. The van der Waals surface area contributed by atoms with Crippen LogP contribution in [0.5, 0.6) is 0 Å². The van der Waals surface area contributed by atoms with Crippen molar-refractivity contribution in [2.75, 3.05) is 0 Å². The summed E-state index contributed by atoms with van der Waals surface area (Å²) in [6.07, 6.45) is 0. The Hall–Kier alpha value is -2.94. The number of halogens is 2. The topological polar surface area (TPSA) is 0 Å². The predicted molar refractivity (Wildman–Crippen MR) is 148 cm³/mol. The molecule has 0 heterocycles. The number of benzene rings is 5. The summed E-state index contributed by atoms with van der Waals surface area (Å²) in [5.74, 6) is 0. The molecule has 2 heteroatoms. The summed E-state index contributed by atoms with van der Waals surface area (Å²) in [7, 11) is 0. The third-order valence-corrected chi connectivity index (χ3v) is 7.30. The van der Waals surface area contributed by atoms with Crippen molar-refractivity contribution in [3.63, 3.8) is 0 Å². The number of hydrogen-bond donors (Lipinski definition) is 0. The first kappa shape index (κ1) is 21.9. The summed E-state index contributed by atoms with van der Waals surface area (Å²) >= 11 is 7.63. The third kappa shape index (κ3) is 4.46. The molecule has 5 aromatic rings. The summed E-state index contributed by atoms with van der Waals surface area (Å²) in [5.41, 5.74) is 10.9. The molecule has 5 aromatic carbocycles. The first-order chi connectivity index (χ1) is 16.1. The fourth-order valence-electron chi connectivity index (χ4n) is 4.25. The molecule has 0 spiro atoms. The third-order valence-electron chi connectivity index (χ3n) is 5.91. The Balaban J connectivity index is 1.91. The normalized spacial score (nSPS) is 10.9. The van der Waals surface area contributed by atoms with E-state index in [9.17, 15) is 0 Å². The zero-order valence-electron chi connectivity index (χ0n) is 18.2. The highest BCUT2D eigenvalue weighted by atomic mass is 79.9. The lowest BCUT2D eigenvalue weighted by Crippen LogP contribution is -1.94. The Morgan fingerprint density at radius 1 is 0.424 bits per heavy atom. The van der Waals surface area contributed by atoms with Gasteiger partial charge in [-0.1, -0.05) is 128 Å². The van der Waals surface area contributed by atoms with Crippen LogP contribution in [0.3, 0.4) is 0 Å². The first-order valence-corrected chi connectivity index (χ1v) is 12.5. The van der Waals surface area contributed by atoms with E-state index in [1.807, 2.05) is 0 Å². The van der Waals surface area contributed by atoms with Gasteiger partial charge in [0, 0.05) is 8.95 Å². The molecule has 0 aromatic heterocycles. The highest BCUT2D eigenvalue weighted by Crippen LogP contribution is 2.46. The second-order valence-corrected chi connectivity index (χ2v) is 9.85. The van der Waals surface area contributed by atoms with Crippen molar-refractivity contribution < 1.29 is 0 Å². The van der Waals surface area contributed by atoms with Gasteiger partial charge < -0.3 is 0 Å². The van der Waals surface area contributed by atoms with Crippen LogP contribution in [0.25, 0.3) is 44.5 Å². The highest BCUT2D eigenvalue weighted by molar-refractivity contribution is 9.11. The standard InChI is InChI=1S/C31H22Br2/c1-21-15-17-22(18-16-21)24-19-27(25-11-5-7-13-29(25)32)31(23-9-3-2-4-10-23)28(20-24)26-12-6-8-14-30(26)33/h2-20H,1H3. The van der Waals surface area contributed by atoms with Crippen molar-refractivity contribution in [3.05, 3.63) is 130 Å². The zero-order valence-corrected chi connectivity index (χ0v) is 21.4. The van der Waals surface area contributed by atoms with Crippen LogP contribution in [-0.2, 0) is 0 Å². The van der Waals surface area contributed by atoms with Gasteiger partial charge in [0.25, 0.3) is 0 Å². The van der Waals surface area contributed by atoms with Crippen molar-refractivity contribution in [1.29, 1.82) is 0 Å². The van der Waals surface area contributed by atoms with Gasteiger partial charge in [0.15, 0.2) is 0 Å². The smallest absolute Gasteiger partial charge is 0.0253 e. The van der Waals surface area contributed by atoms with Gasteiger partial charge in [-0.2, -0.15) is 0 Å². The van der Waals surface area contributed by atoms with Crippen molar-refractivity contribution >= 4 is 31.9 Å². The minimum atomic E-state index is 1.08. The zero-order chi connectivity index (χ0) is 22.8. The van der Waals surface area contributed by atoms with Gasteiger partial charge in [-0.25, -0.2) is 0 Å². The second-order valence-electron chi connectivity index (χ2n) is 8.14. The summed E-state index contributed by atoms with van der Waals surface area (Å²) in [4.78, 5) is 0. The molecule has 0 bridgehead atoms. The van der Waals surface area contributed by atoms with Crippen LogP contribution in [0.1, 0.15) is 5.56 Å². The maximum atomic E-state index is 3.82. The maximum absolute atomic E-state index is 3.82. The summed E-state index contributed by atoms with van der Waals surface area (Å²) in [6, 6.07) is 41.0. The van der Waals surface area contributed by atoms with Crippen LogP contribution in [0, 0.1) is 6.92 Å². The van der Waals surface area contributed by atoms with E-state index >= 15 is 0 Å². The molecule has 0 aliphatic rings. The minimum absolute atomic E-state index is 1.08. The molecule has 0 saturated heterocycles. The van der Waals surface area contributed by atoms with Gasteiger partial charge in [0.2, 0.25) is 0 Å². The molecule has 0 amide bonds. The Morgan fingerprint density at radius 3 is 1.42 bits per heavy atom. The molecule has 0 aliphatic carbocycles. The van der Waals surface area contributed by atoms with Gasteiger partial charge in [-0.05, 0) is 75.7 Å². The number of aryl methyl sites for hydroxylation is 1. The average molecular weight is 554 g/mol. The maximum Gasteiger partial charge on any atom is 0.0253 e. The van der Waals surface area contributed by atoms with Gasteiger partial charge in [0.1, 0.15) is 0 Å². The van der Waals surface area contributed by atoms with E-state index in [4.69, 9.17) is 0 Å². The summed E-state index contributed by atoms with van der Waals surface area (Å²) < 4.78 is 2.17. The van der Waals surface area contributed by atoms with Crippen molar-refractivity contribution in [2.45, 2.75) is 6.92 Å². The van der Waals surface area contributed by atoms with Crippen molar-refractivity contribution in [3.8, 4) is 44.5 Å². The van der Waals surface area contributed by atoms with Gasteiger partial charge in [-0.3, -0.25) is 0 Å². The van der Waals surface area contributed by atoms with Gasteiger partial charge >= 0.3 is 0 Å². The molecule has 0 unspecified atom stereocenters. The quantitative estimate of drug-likeness (QED) is 0.207. The predicted octanol–water partition coefficient (Wildman–Crippen LogP) is 10.2. The van der Waals surface area contributed by atoms with Crippen LogP contribution in [-0.4, -0.2) is 0 Å². The van der Waals surface area contributed by atoms with E-state index in [0.717, 1.165) is 8.95 Å². The van der Waals surface area contributed by atoms with E-state index in [1.54, 1.807) is 0 Å². The Labute approximate surface area is 212 Å². The van der Waals surface area contributed by atoms with E-state index in [-0.39, 0.29) is 0 Å². The Morgan fingerprint density at radius 2 is 0.909 bits per heavy atom. The van der Waals surface area contributed by atoms with E-state index in [1.165, 1.54) is 50.1 Å².